The fraction of sp³-hybridized carbons (Fsp3) is 0.571. The van der Waals surface area contributed by atoms with E-state index in [2.05, 4.69) is 38.0 Å². The number of anilines is 1. The van der Waals surface area contributed by atoms with Crippen LogP contribution in [0.5, 0.6) is 0 Å². The summed E-state index contributed by atoms with van der Waals surface area (Å²) in [5.41, 5.74) is 7.34. The zero-order chi connectivity index (χ0) is 14.1. The third kappa shape index (κ3) is 2.54. The van der Waals surface area contributed by atoms with E-state index >= 15 is 0 Å². The van der Waals surface area contributed by atoms with E-state index in [-0.39, 0.29) is 0 Å². The molecule has 0 aliphatic heterocycles. The van der Waals surface area contributed by atoms with Gasteiger partial charge < -0.3 is 10.6 Å². The standard InChI is InChI=1S/C14H20BrN5/c1-19(8-7-10-3-2-4-10)13-6-5-12-17-11(9-16)14(15)20(12)18-13/h5-6,10H,2-4,7-9,16H2,1H3. The van der Waals surface area contributed by atoms with Gasteiger partial charge in [-0.1, -0.05) is 19.3 Å². The van der Waals surface area contributed by atoms with Gasteiger partial charge in [0.25, 0.3) is 0 Å². The van der Waals surface area contributed by atoms with E-state index in [1.807, 2.05) is 16.6 Å². The molecule has 0 saturated heterocycles. The number of aromatic nitrogens is 3. The quantitative estimate of drug-likeness (QED) is 0.910. The molecule has 0 amide bonds. The van der Waals surface area contributed by atoms with E-state index < -0.39 is 0 Å². The average Bonchev–Trinajstić information content (AvgIpc) is 2.73. The van der Waals surface area contributed by atoms with Gasteiger partial charge in [-0.3, -0.25) is 0 Å². The molecule has 2 aromatic heterocycles. The molecule has 1 saturated carbocycles. The van der Waals surface area contributed by atoms with Gasteiger partial charge in [0, 0.05) is 20.1 Å². The van der Waals surface area contributed by atoms with Crippen molar-refractivity contribution in [2.75, 3.05) is 18.5 Å². The summed E-state index contributed by atoms with van der Waals surface area (Å²) in [6.45, 7) is 1.47. The highest BCUT2D eigenvalue weighted by Gasteiger charge is 2.18. The topological polar surface area (TPSA) is 59.5 Å². The lowest BCUT2D eigenvalue weighted by Gasteiger charge is -2.28. The van der Waals surface area contributed by atoms with Gasteiger partial charge in [0.15, 0.2) is 5.65 Å². The number of fused-ring (bicyclic) bond motifs is 1. The predicted molar refractivity (Wildman–Crippen MR) is 83.8 cm³/mol. The molecule has 1 fully saturated rings. The Bertz CT molecular complexity index is 605. The lowest BCUT2D eigenvalue weighted by Crippen LogP contribution is -2.24. The first-order valence-corrected chi connectivity index (χ1v) is 7.93. The first-order chi connectivity index (χ1) is 9.69. The van der Waals surface area contributed by atoms with Crippen molar-refractivity contribution in [1.82, 2.24) is 14.6 Å². The molecule has 0 atom stereocenters. The number of hydrogen-bond donors (Lipinski definition) is 1. The smallest absolute Gasteiger partial charge is 0.155 e. The second kappa shape index (κ2) is 5.69. The lowest BCUT2D eigenvalue weighted by molar-refractivity contribution is 0.299. The molecule has 2 aromatic rings. The van der Waals surface area contributed by atoms with Crippen molar-refractivity contribution in [3.05, 3.63) is 22.4 Å². The number of hydrogen-bond acceptors (Lipinski definition) is 4. The summed E-state index contributed by atoms with van der Waals surface area (Å²) in [5.74, 6) is 1.89. The Morgan fingerprint density at radius 2 is 2.25 bits per heavy atom. The van der Waals surface area contributed by atoms with E-state index in [9.17, 15) is 0 Å². The van der Waals surface area contributed by atoms with Gasteiger partial charge in [-0.05, 0) is 40.4 Å². The first-order valence-electron chi connectivity index (χ1n) is 7.14. The number of imidazole rings is 1. The van der Waals surface area contributed by atoms with Gasteiger partial charge >= 0.3 is 0 Å². The van der Waals surface area contributed by atoms with Crippen LogP contribution in [0.4, 0.5) is 5.82 Å². The second-order valence-electron chi connectivity index (χ2n) is 5.52. The summed E-state index contributed by atoms with van der Waals surface area (Å²) >= 11 is 3.52. The number of halogens is 1. The summed E-state index contributed by atoms with van der Waals surface area (Å²) in [7, 11) is 2.10. The number of nitrogens with zero attached hydrogens (tertiary/aromatic N) is 4. The summed E-state index contributed by atoms with van der Waals surface area (Å²) in [4.78, 5) is 6.65. The third-order valence-electron chi connectivity index (χ3n) is 4.16. The van der Waals surface area contributed by atoms with Gasteiger partial charge in [-0.2, -0.15) is 0 Å². The zero-order valence-corrected chi connectivity index (χ0v) is 13.3. The highest BCUT2D eigenvalue weighted by molar-refractivity contribution is 9.10. The van der Waals surface area contributed by atoms with E-state index in [1.165, 1.54) is 25.7 Å². The molecule has 1 aliphatic carbocycles. The monoisotopic (exact) mass is 337 g/mol. The van der Waals surface area contributed by atoms with Crippen molar-refractivity contribution in [1.29, 1.82) is 0 Å². The van der Waals surface area contributed by atoms with Gasteiger partial charge in [-0.25, -0.2) is 9.50 Å². The fourth-order valence-electron chi connectivity index (χ4n) is 2.55. The molecule has 0 spiro atoms. The third-order valence-corrected chi connectivity index (χ3v) is 4.95. The van der Waals surface area contributed by atoms with Gasteiger partial charge in [0.05, 0.1) is 5.69 Å². The minimum absolute atomic E-state index is 0.413. The van der Waals surface area contributed by atoms with Crippen LogP contribution in [0, 0.1) is 5.92 Å². The minimum atomic E-state index is 0.413. The molecule has 1 aliphatic rings. The average molecular weight is 338 g/mol. The summed E-state index contributed by atoms with van der Waals surface area (Å²) in [5, 5.41) is 4.64. The predicted octanol–water partition coefficient (Wildman–Crippen LogP) is 2.58. The zero-order valence-electron chi connectivity index (χ0n) is 11.7. The van der Waals surface area contributed by atoms with Crippen LogP contribution in [0.3, 0.4) is 0 Å². The largest absolute Gasteiger partial charge is 0.358 e. The summed E-state index contributed by atoms with van der Waals surface area (Å²) < 4.78 is 2.67. The maximum absolute atomic E-state index is 5.67. The van der Waals surface area contributed by atoms with Gasteiger partial charge in [0.2, 0.25) is 0 Å². The number of nitrogens with two attached hydrogens (primary N) is 1. The fourth-order valence-corrected chi connectivity index (χ4v) is 3.06. The van der Waals surface area contributed by atoms with Crippen LogP contribution in [-0.4, -0.2) is 28.2 Å². The van der Waals surface area contributed by atoms with Crippen molar-refractivity contribution in [3.63, 3.8) is 0 Å². The molecule has 0 aromatic carbocycles. The Labute approximate surface area is 127 Å². The molecule has 0 radical (unpaired) electrons. The molecular formula is C14H20BrN5. The molecule has 0 bridgehead atoms. The summed E-state index contributed by atoms with van der Waals surface area (Å²) in [6, 6.07) is 4.02. The van der Waals surface area contributed by atoms with Crippen molar-refractivity contribution in [3.8, 4) is 0 Å². The first kappa shape index (κ1) is 13.8. The highest BCUT2D eigenvalue weighted by Crippen LogP contribution is 2.29. The Morgan fingerprint density at radius 1 is 1.45 bits per heavy atom. The van der Waals surface area contributed by atoms with Crippen LogP contribution in [0.25, 0.3) is 5.65 Å². The summed E-state index contributed by atoms with van der Waals surface area (Å²) in [6.07, 6.45) is 5.46. The molecule has 2 N–H and O–H groups in total. The maximum Gasteiger partial charge on any atom is 0.155 e. The maximum atomic E-state index is 5.67. The number of rotatable bonds is 5. The van der Waals surface area contributed by atoms with Crippen LogP contribution < -0.4 is 10.6 Å². The van der Waals surface area contributed by atoms with Crippen LogP contribution in [0.2, 0.25) is 0 Å². The van der Waals surface area contributed by atoms with E-state index in [1.54, 1.807) is 0 Å². The second-order valence-corrected chi connectivity index (χ2v) is 6.27. The SMILES string of the molecule is CN(CCC1CCC1)c1ccc2nc(CN)c(Br)n2n1. The van der Waals surface area contributed by atoms with E-state index in [0.29, 0.717) is 6.54 Å². The molecule has 20 heavy (non-hydrogen) atoms. The molecule has 0 unspecified atom stereocenters. The van der Waals surface area contributed by atoms with Crippen LogP contribution >= 0.6 is 15.9 Å². The normalized spacial score (nSPS) is 15.6. The van der Waals surface area contributed by atoms with Gasteiger partial charge in [0.1, 0.15) is 10.4 Å². The minimum Gasteiger partial charge on any atom is -0.358 e. The Balaban J connectivity index is 1.78. The van der Waals surface area contributed by atoms with E-state index in [4.69, 9.17) is 5.73 Å². The Hall–Kier alpha value is -1.14. The molecule has 2 heterocycles. The molecule has 6 heteroatoms. The van der Waals surface area contributed by atoms with E-state index in [0.717, 1.165) is 34.2 Å². The lowest BCUT2D eigenvalue weighted by atomic mass is 9.83. The van der Waals surface area contributed by atoms with Gasteiger partial charge in [-0.15, -0.1) is 5.10 Å². The van der Waals surface area contributed by atoms with Crippen LogP contribution in [-0.2, 0) is 6.54 Å². The Morgan fingerprint density at radius 3 is 2.90 bits per heavy atom. The molecule has 5 nitrogen and oxygen atoms in total. The molecular weight excluding hydrogens is 318 g/mol. The molecule has 108 valence electrons. The van der Waals surface area contributed by atoms with Crippen LogP contribution in [0.1, 0.15) is 31.4 Å². The van der Waals surface area contributed by atoms with Crippen molar-refractivity contribution in [2.45, 2.75) is 32.2 Å². The van der Waals surface area contributed by atoms with Crippen molar-refractivity contribution in [2.24, 2.45) is 11.7 Å². The van der Waals surface area contributed by atoms with Crippen LogP contribution in [0.15, 0.2) is 16.7 Å². The highest BCUT2D eigenvalue weighted by atomic mass is 79.9. The molecule has 3 rings (SSSR count). The van der Waals surface area contributed by atoms with Crippen molar-refractivity contribution >= 4 is 27.4 Å². The Kier molecular flexibility index (Phi) is 3.94. The van der Waals surface area contributed by atoms with Crippen molar-refractivity contribution < 1.29 is 0 Å².